The summed E-state index contributed by atoms with van der Waals surface area (Å²) in [7, 11) is 0. The van der Waals surface area contributed by atoms with E-state index in [0.29, 0.717) is 12.8 Å². The van der Waals surface area contributed by atoms with Crippen molar-refractivity contribution in [3.05, 3.63) is 47.2 Å². The zero-order valence-corrected chi connectivity index (χ0v) is 17.2. The molecule has 0 spiro atoms. The summed E-state index contributed by atoms with van der Waals surface area (Å²) in [5.74, 6) is -3.11. The molecule has 5 nitrogen and oxygen atoms in total. The van der Waals surface area contributed by atoms with Gasteiger partial charge in [-0.2, -0.15) is 13.2 Å². The second-order valence-electron chi connectivity index (χ2n) is 8.64. The van der Waals surface area contributed by atoms with Crippen LogP contribution in [0.15, 0.2) is 41.6 Å². The van der Waals surface area contributed by atoms with Gasteiger partial charge in [0.25, 0.3) is 11.8 Å². The van der Waals surface area contributed by atoms with Gasteiger partial charge < -0.3 is 10.2 Å². The summed E-state index contributed by atoms with van der Waals surface area (Å²) < 4.78 is 43.6. The lowest BCUT2D eigenvalue weighted by molar-refractivity contribution is -0.190. The van der Waals surface area contributed by atoms with E-state index in [1.54, 1.807) is 19.9 Å². The van der Waals surface area contributed by atoms with Crippen molar-refractivity contribution in [2.45, 2.75) is 58.2 Å². The minimum atomic E-state index is -5.17. The van der Waals surface area contributed by atoms with Crippen LogP contribution in [0.5, 0.6) is 0 Å². The van der Waals surface area contributed by atoms with E-state index in [2.05, 4.69) is 0 Å². The first kappa shape index (κ1) is 22.1. The van der Waals surface area contributed by atoms with Gasteiger partial charge in [0, 0.05) is 24.2 Å². The highest BCUT2D eigenvalue weighted by Gasteiger charge is 2.71. The van der Waals surface area contributed by atoms with Crippen molar-refractivity contribution in [1.29, 1.82) is 0 Å². The fourth-order valence-electron chi connectivity index (χ4n) is 4.21. The Morgan fingerprint density at radius 3 is 2.33 bits per heavy atom. The van der Waals surface area contributed by atoms with Crippen molar-refractivity contribution in [2.24, 2.45) is 5.41 Å². The van der Waals surface area contributed by atoms with Crippen LogP contribution >= 0.6 is 0 Å². The molecule has 1 aromatic carbocycles. The molecule has 0 radical (unpaired) electrons. The maximum atomic E-state index is 14.5. The summed E-state index contributed by atoms with van der Waals surface area (Å²) in [6, 6.07) is 7.36. The SMILES string of the molecule is CCCCN1C(=O)[C@@](NC(=O)c2ccccc2)(C(F)(F)F)C2=C1CC(C)(C)CC2=O. The molecule has 0 unspecified atom stereocenters. The first-order valence-corrected chi connectivity index (χ1v) is 9.97. The van der Waals surface area contributed by atoms with Crippen molar-refractivity contribution in [1.82, 2.24) is 10.2 Å². The van der Waals surface area contributed by atoms with Crippen molar-refractivity contribution in [3.63, 3.8) is 0 Å². The number of Topliss-reactive ketones (excluding diaryl/α,β-unsaturated/α-hetero) is 1. The molecule has 1 N–H and O–H groups in total. The molecule has 1 atom stereocenters. The number of nitrogens with one attached hydrogen (secondary N) is 1. The average molecular weight is 422 g/mol. The molecule has 2 amide bonds. The van der Waals surface area contributed by atoms with Crippen molar-refractivity contribution >= 4 is 17.6 Å². The first-order valence-electron chi connectivity index (χ1n) is 9.97. The molecule has 30 heavy (non-hydrogen) atoms. The van der Waals surface area contributed by atoms with Gasteiger partial charge in [-0.3, -0.25) is 14.4 Å². The second kappa shape index (κ2) is 7.56. The minimum absolute atomic E-state index is 0.0216. The number of rotatable bonds is 5. The largest absolute Gasteiger partial charge is 0.425 e. The number of ketones is 1. The summed E-state index contributed by atoms with van der Waals surface area (Å²) >= 11 is 0. The zero-order valence-electron chi connectivity index (χ0n) is 17.2. The smallest absolute Gasteiger partial charge is 0.326 e. The monoisotopic (exact) mass is 422 g/mol. The fraction of sp³-hybridized carbons (Fsp3) is 0.500. The lowest BCUT2D eigenvalue weighted by atomic mass is 9.72. The molecule has 1 aromatic rings. The van der Waals surface area contributed by atoms with Gasteiger partial charge >= 0.3 is 6.18 Å². The molecule has 0 aromatic heterocycles. The summed E-state index contributed by atoms with van der Waals surface area (Å²) in [5.41, 5.74) is -4.51. The van der Waals surface area contributed by atoms with Gasteiger partial charge in [0.2, 0.25) is 5.54 Å². The molecule has 0 fully saturated rings. The Morgan fingerprint density at radius 1 is 1.13 bits per heavy atom. The minimum Gasteiger partial charge on any atom is -0.326 e. The first-order chi connectivity index (χ1) is 13.9. The van der Waals surface area contributed by atoms with Crippen LogP contribution < -0.4 is 5.32 Å². The van der Waals surface area contributed by atoms with E-state index in [4.69, 9.17) is 0 Å². The molecule has 3 rings (SSSR count). The number of halogens is 3. The normalized spacial score (nSPS) is 23.6. The number of carbonyl (C=O) groups excluding carboxylic acids is 3. The van der Waals surface area contributed by atoms with E-state index in [1.807, 2.05) is 12.2 Å². The molecular formula is C22H25F3N2O3. The Hall–Kier alpha value is -2.64. The molecular weight excluding hydrogens is 397 g/mol. The molecule has 8 heteroatoms. The molecule has 1 aliphatic heterocycles. The van der Waals surface area contributed by atoms with Crippen LogP contribution in [0.4, 0.5) is 13.2 Å². The Balaban J connectivity index is 2.18. The topological polar surface area (TPSA) is 66.5 Å². The second-order valence-corrected chi connectivity index (χ2v) is 8.64. The molecule has 1 aliphatic carbocycles. The summed E-state index contributed by atoms with van der Waals surface area (Å²) in [5, 5.41) is 1.93. The number of hydrogen-bond acceptors (Lipinski definition) is 3. The Morgan fingerprint density at radius 2 is 1.77 bits per heavy atom. The number of carbonyl (C=O) groups is 3. The molecule has 162 valence electrons. The highest BCUT2D eigenvalue weighted by Crippen LogP contribution is 2.51. The van der Waals surface area contributed by atoms with E-state index in [1.165, 1.54) is 24.3 Å². The zero-order chi connectivity index (χ0) is 22.3. The molecule has 0 bridgehead atoms. The highest BCUT2D eigenvalue weighted by molar-refractivity contribution is 6.14. The number of benzene rings is 1. The lowest BCUT2D eigenvalue weighted by Crippen LogP contribution is -2.66. The fourth-order valence-corrected chi connectivity index (χ4v) is 4.21. The van der Waals surface area contributed by atoms with Crippen molar-refractivity contribution in [2.75, 3.05) is 6.54 Å². The standard InChI is InChI=1S/C22H25F3N2O3/c1-4-5-11-27-15-12-20(2,3)13-16(28)17(15)21(19(27)30,22(23,24)25)26-18(29)14-9-7-6-8-10-14/h6-10H,4-5,11-13H2,1-3H3,(H,26,29)/t21-/m1/s1. The van der Waals surface area contributed by atoms with Gasteiger partial charge in [0.05, 0.1) is 5.57 Å². The van der Waals surface area contributed by atoms with Gasteiger partial charge in [0.1, 0.15) is 0 Å². The van der Waals surface area contributed by atoms with Crippen LogP contribution in [0.2, 0.25) is 0 Å². The number of unbranched alkanes of at least 4 members (excludes halogenated alkanes) is 1. The van der Waals surface area contributed by atoms with Crippen LogP contribution in [0, 0.1) is 5.41 Å². The third kappa shape index (κ3) is 3.52. The van der Waals surface area contributed by atoms with Gasteiger partial charge in [0.15, 0.2) is 5.78 Å². The number of hydrogen-bond donors (Lipinski definition) is 1. The number of allylic oxidation sites excluding steroid dienone is 1. The van der Waals surface area contributed by atoms with E-state index < -0.39 is 40.3 Å². The quantitative estimate of drug-likeness (QED) is 0.780. The van der Waals surface area contributed by atoms with Gasteiger partial charge in [-0.1, -0.05) is 45.4 Å². The van der Waals surface area contributed by atoms with Gasteiger partial charge in [-0.05, 0) is 30.4 Å². The Bertz CT molecular complexity index is 906. The molecule has 1 heterocycles. The predicted molar refractivity (Wildman–Crippen MR) is 104 cm³/mol. The van der Waals surface area contributed by atoms with Crippen LogP contribution in [0.3, 0.4) is 0 Å². The van der Waals surface area contributed by atoms with Crippen LogP contribution in [0.25, 0.3) is 0 Å². The predicted octanol–water partition coefficient (Wildman–Crippen LogP) is 4.00. The van der Waals surface area contributed by atoms with Crippen LogP contribution in [-0.4, -0.2) is 40.8 Å². The van der Waals surface area contributed by atoms with E-state index in [9.17, 15) is 27.6 Å². The summed E-state index contributed by atoms with van der Waals surface area (Å²) in [6.45, 7) is 5.50. The van der Waals surface area contributed by atoms with E-state index >= 15 is 0 Å². The maximum Gasteiger partial charge on any atom is 0.425 e. The number of amides is 2. The number of alkyl halides is 3. The molecule has 0 saturated heterocycles. The maximum absolute atomic E-state index is 14.5. The van der Waals surface area contributed by atoms with Crippen LogP contribution in [0.1, 0.15) is 56.8 Å². The third-order valence-corrected chi connectivity index (χ3v) is 5.62. The van der Waals surface area contributed by atoms with Crippen molar-refractivity contribution in [3.8, 4) is 0 Å². The van der Waals surface area contributed by atoms with Crippen LogP contribution in [-0.2, 0) is 9.59 Å². The average Bonchev–Trinajstić information content (AvgIpc) is 2.88. The Kier molecular flexibility index (Phi) is 5.56. The lowest BCUT2D eigenvalue weighted by Gasteiger charge is -2.35. The third-order valence-electron chi connectivity index (χ3n) is 5.62. The van der Waals surface area contributed by atoms with Gasteiger partial charge in [-0.25, -0.2) is 0 Å². The van der Waals surface area contributed by atoms with E-state index in [0.717, 1.165) is 4.90 Å². The van der Waals surface area contributed by atoms with Crippen molar-refractivity contribution < 1.29 is 27.6 Å². The molecule has 2 aliphatic rings. The summed E-state index contributed by atoms with van der Waals surface area (Å²) in [6.07, 6.45) is -3.99. The van der Waals surface area contributed by atoms with E-state index in [-0.39, 0.29) is 30.6 Å². The Labute approximate surface area is 173 Å². The molecule has 0 saturated carbocycles. The summed E-state index contributed by atoms with van der Waals surface area (Å²) in [4.78, 5) is 40.0. The highest BCUT2D eigenvalue weighted by atomic mass is 19.4. The number of nitrogens with zero attached hydrogens (tertiary/aromatic N) is 1. The van der Waals surface area contributed by atoms with Gasteiger partial charge in [-0.15, -0.1) is 0 Å².